The summed E-state index contributed by atoms with van der Waals surface area (Å²) in [7, 11) is -3.88. The quantitative estimate of drug-likeness (QED) is 0.279. The first kappa shape index (κ1) is 21.0. The molecule has 3 fully saturated rings. The zero-order valence-corrected chi connectivity index (χ0v) is 16.4. The summed E-state index contributed by atoms with van der Waals surface area (Å²) < 4.78 is 28.9. The summed E-state index contributed by atoms with van der Waals surface area (Å²) in [5.74, 6) is -1.86. The standard InChI is InChI=1S/C15H29BN4O6S/c1-19(14(6-7-14)13(17)4-5-13)27(25,26)20-9-11(3-2-8-16(23)24)15(18,10-20)12(21)22/h11,23-24H,2-10,17-18H2,1H3,(H,21,22)/t11-,15-/m0/s1. The van der Waals surface area contributed by atoms with E-state index in [1.54, 1.807) is 0 Å². The molecule has 2 aliphatic carbocycles. The lowest BCUT2D eigenvalue weighted by Crippen LogP contribution is -2.58. The molecule has 0 amide bonds. The van der Waals surface area contributed by atoms with E-state index in [1.807, 2.05) is 0 Å². The van der Waals surface area contributed by atoms with Gasteiger partial charge in [-0.25, -0.2) is 0 Å². The van der Waals surface area contributed by atoms with Gasteiger partial charge >= 0.3 is 13.1 Å². The highest BCUT2D eigenvalue weighted by Gasteiger charge is 2.68. The van der Waals surface area contributed by atoms with Crippen LogP contribution in [0, 0.1) is 5.92 Å². The molecule has 7 N–H and O–H groups in total. The molecule has 1 saturated heterocycles. The molecule has 10 nitrogen and oxygen atoms in total. The van der Waals surface area contributed by atoms with E-state index in [0.717, 1.165) is 17.1 Å². The van der Waals surface area contributed by atoms with Crippen molar-refractivity contribution in [2.45, 2.75) is 61.5 Å². The SMILES string of the molecule is CN(C1(C2(N)CC2)CC1)S(=O)(=O)N1C[C@H](CCCB(O)O)[C@](N)(C(=O)O)C1. The van der Waals surface area contributed by atoms with E-state index in [-0.39, 0.29) is 19.4 Å². The maximum atomic E-state index is 13.2. The van der Waals surface area contributed by atoms with Crippen molar-refractivity contribution in [3.05, 3.63) is 0 Å². The third-order valence-corrected chi connectivity index (χ3v) is 8.69. The average Bonchev–Trinajstić information content (AvgIpc) is 3.47. The highest BCUT2D eigenvalue weighted by Crippen LogP contribution is 2.59. The van der Waals surface area contributed by atoms with Crippen molar-refractivity contribution in [1.82, 2.24) is 8.61 Å². The predicted molar refractivity (Wildman–Crippen MR) is 98.7 cm³/mol. The second-order valence-corrected chi connectivity index (χ2v) is 10.4. The Morgan fingerprint density at radius 1 is 1.26 bits per heavy atom. The van der Waals surface area contributed by atoms with E-state index in [4.69, 9.17) is 21.5 Å². The molecule has 2 saturated carbocycles. The molecular weight excluding hydrogens is 375 g/mol. The molecule has 3 rings (SSSR count). The van der Waals surface area contributed by atoms with Crippen LogP contribution in [0.5, 0.6) is 0 Å². The fraction of sp³-hybridized carbons (Fsp3) is 0.933. The summed E-state index contributed by atoms with van der Waals surface area (Å²) in [5.41, 5.74) is 9.64. The van der Waals surface area contributed by atoms with Gasteiger partial charge in [0, 0.05) is 31.6 Å². The number of carboxylic acid groups (broad SMARTS) is 1. The minimum absolute atomic E-state index is 0.00928. The highest BCUT2D eigenvalue weighted by atomic mass is 32.2. The van der Waals surface area contributed by atoms with Crippen LogP contribution in [0.1, 0.15) is 38.5 Å². The van der Waals surface area contributed by atoms with E-state index < -0.39 is 45.8 Å². The highest BCUT2D eigenvalue weighted by molar-refractivity contribution is 7.86. The van der Waals surface area contributed by atoms with Crippen LogP contribution in [0.25, 0.3) is 0 Å². The minimum atomic E-state index is -3.91. The maximum Gasteiger partial charge on any atom is 0.451 e. The zero-order chi connectivity index (χ0) is 20.3. The van der Waals surface area contributed by atoms with E-state index >= 15 is 0 Å². The lowest BCUT2D eigenvalue weighted by atomic mass is 9.78. The van der Waals surface area contributed by atoms with E-state index in [1.165, 1.54) is 11.4 Å². The fourth-order valence-electron chi connectivity index (χ4n) is 4.45. The normalized spacial score (nSPS) is 31.9. The smallest absolute Gasteiger partial charge is 0.451 e. The number of likely N-dealkylation sites (N-methyl/N-ethyl adjacent to an activating group) is 1. The lowest BCUT2D eigenvalue weighted by molar-refractivity contribution is -0.144. The summed E-state index contributed by atoms with van der Waals surface area (Å²) >= 11 is 0. The molecule has 1 aliphatic heterocycles. The van der Waals surface area contributed by atoms with Gasteiger partial charge in [0.05, 0.1) is 5.54 Å². The summed E-state index contributed by atoms with van der Waals surface area (Å²) in [6, 6.07) is 0. The molecule has 0 aromatic heterocycles. The molecule has 0 aromatic rings. The average molecular weight is 404 g/mol. The second-order valence-electron chi connectivity index (χ2n) is 8.41. The maximum absolute atomic E-state index is 13.2. The van der Waals surface area contributed by atoms with Crippen molar-refractivity contribution in [3.8, 4) is 0 Å². The molecular formula is C15H29BN4O6S. The van der Waals surface area contributed by atoms with Gasteiger partial charge in [0.15, 0.2) is 0 Å². The predicted octanol–water partition coefficient (Wildman–Crippen LogP) is -1.85. The van der Waals surface area contributed by atoms with Crippen molar-refractivity contribution in [3.63, 3.8) is 0 Å². The Labute approximate surface area is 159 Å². The van der Waals surface area contributed by atoms with Crippen LogP contribution in [0.2, 0.25) is 6.32 Å². The van der Waals surface area contributed by atoms with Gasteiger partial charge in [-0.15, -0.1) is 0 Å². The van der Waals surface area contributed by atoms with Crippen molar-refractivity contribution >= 4 is 23.3 Å². The van der Waals surface area contributed by atoms with Gasteiger partial charge in [-0.1, -0.05) is 6.42 Å². The van der Waals surface area contributed by atoms with Gasteiger partial charge in [0.2, 0.25) is 0 Å². The summed E-state index contributed by atoms with van der Waals surface area (Å²) in [4.78, 5) is 11.8. The number of carbonyl (C=O) groups is 1. The first-order valence-electron chi connectivity index (χ1n) is 9.30. The van der Waals surface area contributed by atoms with Gasteiger partial charge in [-0.05, 0) is 38.4 Å². The van der Waals surface area contributed by atoms with Crippen molar-refractivity contribution in [2.75, 3.05) is 20.1 Å². The summed E-state index contributed by atoms with van der Waals surface area (Å²) in [5, 5.41) is 27.6. The summed E-state index contributed by atoms with van der Waals surface area (Å²) in [6.07, 6.45) is 3.70. The van der Waals surface area contributed by atoms with Crippen LogP contribution in [-0.2, 0) is 15.0 Å². The number of rotatable bonds is 9. The Kier molecular flexibility index (Phi) is 5.16. The molecule has 12 heteroatoms. The Bertz CT molecular complexity index is 711. The molecule has 0 unspecified atom stereocenters. The van der Waals surface area contributed by atoms with Crippen LogP contribution in [0.3, 0.4) is 0 Å². The van der Waals surface area contributed by atoms with E-state index in [0.29, 0.717) is 25.7 Å². The van der Waals surface area contributed by atoms with Gasteiger partial charge in [-0.2, -0.15) is 17.0 Å². The monoisotopic (exact) mass is 404 g/mol. The van der Waals surface area contributed by atoms with Crippen LogP contribution >= 0.6 is 0 Å². The molecule has 1 heterocycles. The molecule has 2 atom stereocenters. The van der Waals surface area contributed by atoms with E-state index in [2.05, 4.69) is 0 Å². The third kappa shape index (κ3) is 3.41. The van der Waals surface area contributed by atoms with Crippen LogP contribution < -0.4 is 11.5 Å². The van der Waals surface area contributed by atoms with Gasteiger partial charge in [0.1, 0.15) is 5.54 Å². The molecule has 154 valence electrons. The van der Waals surface area contributed by atoms with Crippen LogP contribution in [0.4, 0.5) is 0 Å². The Morgan fingerprint density at radius 2 is 1.85 bits per heavy atom. The number of aliphatic carboxylic acids is 1. The minimum Gasteiger partial charge on any atom is -0.480 e. The largest absolute Gasteiger partial charge is 0.480 e. The first-order valence-corrected chi connectivity index (χ1v) is 10.7. The zero-order valence-electron chi connectivity index (χ0n) is 15.5. The van der Waals surface area contributed by atoms with Crippen molar-refractivity contribution in [1.29, 1.82) is 0 Å². The van der Waals surface area contributed by atoms with Crippen molar-refractivity contribution < 1.29 is 28.4 Å². The van der Waals surface area contributed by atoms with E-state index in [9.17, 15) is 18.3 Å². The van der Waals surface area contributed by atoms with Gasteiger partial charge < -0.3 is 26.6 Å². The topological polar surface area (TPSA) is 170 Å². The molecule has 0 bridgehead atoms. The third-order valence-electron chi connectivity index (χ3n) is 6.72. The Hall–Kier alpha value is -0.755. The summed E-state index contributed by atoms with van der Waals surface area (Å²) in [6.45, 7) is -0.320. The van der Waals surface area contributed by atoms with Gasteiger partial charge in [0.25, 0.3) is 10.2 Å². The van der Waals surface area contributed by atoms with Crippen LogP contribution in [-0.4, -0.2) is 82.0 Å². The second kappa shape index (κ2) is 6.65. The number of carboxylic acids is 1. The fourth-order valence-corrected chi connectivity index (χ4v) is 6.34. The Balaban J connectivity index is 1.77. The van der Waals surface area contributed by atoms with Crippen LogP contribution in [0.15, 0.2) is 0 Å². The number of hydrogen-bond donors (Lipinski definition) is 5. The Morgan fingerprint density at radius 3 is 2.30 bits per heavy atom. The number of nitrogens with two attached hydrogens (primary N) is 2. The molecule has 0 radical (unpaired) electrons. The number of nitrogens with zero attached hydrogens (tertiary/aromatic N) is 2. The molecule has 0 spiro atoms. The van der Waals surface area contributed by atoms with Gasteiger partial charge in [-0.3, -0.25) is 4.79 Å². The first-order chi connectivity index (χ1) is 12.4. The molecule has 27 heavy (non-hydrogen) atoms. The lowest BCUT2D eigenvalue weighted by Gasteiger charge is -2.35. The molecule has 0 aromatic carbocycles. The molecule has 3 aliphatic rings. The van der Waals surface area contributed by atoms with Crippen molar-refractivity contribution in [2.24, 2.45) is 17.4 Å². The number of hydrogen-bond acceptors (Lipinski definition) is 7.